The van der Waals surface area contributed by atoms with Crippen LogP contribution in [0.4, 0.5) is 0 Å². The summed E-state index contributed by atoms with van der Waals surface area (Å²) in [7, 11) is 0. The number of aliphatic hydroxyl groups is 1. The van der Waals surface area contributed by atoms with Crippen molar-refractivity contribution in [1.82, 2.24) is 12.3 Å². The third-order valence-corrected chi connectivity index (χ3v) is 0.341. The van der Waals surface area contributed by atoms with Crippen LogP contribution in [0.1, 0.15) is 6.92 Å². The average Bonchev–Trinajstić information content (AvgIpc) is 1.36. The Bertz CT molecular complexity index is 70.7. The normalized spacial score (nSPS) is 7.45. The molecule has 0 aromatic rings. The van der Waals surface area contributed by atoms with Gasteiger partial charge in [0.25, 0.3) is 0 Å². The SMILES string of the molecule is CC(O)C(=O)[O-].[NH4+].[NH4+].[OH-].[OH-].[Ti+]. The molecule has 71 valence electrons. The molecule has 0 spiro atoms. The Kier molecular flexibility index (Phi) is 90.2. The summed E-state index contributed by atoms with van der Waals surface area (Å²) in [6.45, 7) is 1.13. The summed E-state index contributed by atoms with van der Waals surface area (Å²) in [5, 5.41) is 17.3. The van der Waals surface area contributed by atoms with Gasteiger partial charge in [-0.25, -0.2) is 0 Å². The Hall–Kier alpha value is -0.0157. The van der Waals surface area contributed by atoms with Gasteiger partial charge < -0.3 is 38.3 Å². The van der Waals surface area contributed by atoms with Gasteiger partial charge in [0.2, 0.25) is 0 Å². The molecule has 1 unspecified atom stereocenters. The van der Waals surface area contributed by atoms with E-state index in [0.717, 1.165) is 6.92 Å². The van der Waals surface area contributed by atoms with Crippen molar-refractivity contribution in [2.45, 2.75) is 13.0 Å². The minimum absolute atomic E-state index is 0. The molecule has 0 aliphatic heterocycles. The van der Waals surface area contributed by atoms with Crippen LogP contribution in [0, 0.1) is 0 Å². The zero-order valence-electron chi connectivity index (χ0n) is 6.74. The fourth-order valence-electron chi connectivity index (χ4n) is 0. The van der Waals surface area contributed by atoms with E-state index in [2.05, 4.69) is 0 Å². The van der Waals surface area contributed by atoms with Crippen molar-refractivity contribution in [2.24, 2.45) is 0 Å². The van der Waals surface area contributed by atoms with E-state index in [1.54, 1.807) is 0 Å². The molecule has 0 aromatic carbocycles. The Balaban J connectivity index is -0.0000000125. The zero-order chi connectivity index (χ0) is 5.15. The largest absolute Gasteiger partial charge is 1.00 e. The first-order valence-corrected chi connectivity index (χ1v) is 1.53. The molecule has 1 atom stereocenters. The van der Waals surface area contributed by atoms with Gasteiger partial charge in [-0.15, -0.1) is 0 Å². The summed E-state index contributed by atoms with van der Waals surface area (Å²) in [5.74, 6) is -1.44. The summed E-state index contributed by atoms with van der Waals surface area (Å²) in [5.41, 5.74) is 0. The van der Waals surface area contributed by atoms with Crippen LogP contribution in [0.2, 0.25) is 0 Å². The van der Waals surface area contributed by atoms with Gasteiger partial charge in [-0.3, -0.25) is 0 Å². The first kappa shape index (κ1) is 44.1. The van der Waals surface area contributed by atoms with E-state index in [9.17, 15) is 9.90 Å². The number of carboxylic acid groups (broad SMARTS) is 1. The van der Waals surface area contributed by atoms with E-state index in [-0.39, 0.29) is 45.0 Å². The third-order valence-electron chi connectivity index (χ3n) is 0.341. The van der Waals surface area contributed by atoms with Crippen LogP contribution in [0.5, 0.6) is 0 Å². The summed E-state index contributed by atoms with van der Waals surface area (Å²) < 4.78 is 0. The number of quaternary nitrogens is 2. The Labute approximate surface area is 79.5 Å². The van der Waals surface area contributed by atoms with Crippen molar-refractivity contribution >= 4 is 5.97 Å². The van der Waals surface area contributed by atoms with E-state index in [0.29, 0.717) is 0 Å². The second-order valence-corrected chi connectivity index (χ2v) is 0.995. The maximum absolute atomic E-state index is 9.34. The van der Waals surface area contributed by atoms with Gasteiger partial charge in [-0.1, -0.05) is 0 Å². The molecule has 0 bridgehead atoms. The fraction of sp³-hybridized carbons (Fsp3) is 0.667. The molecule has 0 fully saturated rings. The van der Waals surface area contributed by atoms with Crippen molar-refractivity contribution in [3.05, 3.63) is 0 Å². The number of hydrogen-bond donors (Lipinski definition) is 3. The van der Waals surface area contributed by atoms with Crippen LogP contribution in [0.15, 0.2) is 0 Å². The second-order valence-electron chi connectivity index (χ2n) is 0.995. The molecule has 0 aliphatic carbocycles. The second kappa shape index (κ2) is 22.5. The molecular formula is C3H15N2O5Ti. The number of aliphatic carboxylic acids is 1. The summed E-state index contributed by atoms with van der Waals surface area (Å²) in [6.07, 6.45) is -1.34. The number of hydrogen-bond acceptors (Lipinski definition) is 5. The molecule has 11 heavy (non-hydrogen) atoms. The van der Waals surface area contributed by atoms with E-state index < -0.39 is 12.1 Å². The number of carbonyl (C=O) groups excluding carboxylic acids is 1. The quantitative estimate of drug-likeness (QED) is 0.439. The van der Waals surface area contributed by atoms with Gasteiger partial charge in [0, 0.05) is 0 Å². The molecule has 0 saturated carbocycles. The van der Waals surface area contributed by atoms with Gasteiger partial charge in [0.15, 0.2) is 0 Å². The minimum atomic E-state index is -1.44. The zero-order valence-corrected chi connectivity index (χ0v) is 8.30. The van der Waals surface area contributed by atoms with Crippen LogP contribution in [-0.2, 0) is 26.5 Å². The summed E-state index contributed by atoms with van der Waals surface area (Å²) in [4.78, 5) is 9.34. The standard InChI is InChI=1S/C3H6O3.2H3N.2H2O.Ti/c1-2(4)3(5)6;;;;;/h2,4H,1H3,(H,5,6);2*1H3;2*1H2;/q;;;;;+1/p-1. The molecule has 0 amide bonds. The van der Waals surface area contributed by atoms with Crippen molar-refractivity contribution < 1.29 is 47.7 Å². The molecule has 7 nitrogen and oxygen atoms in total. The van der Waals surface area contributed by atoms with Gasteiger partial charge in [-0.2, -0.15) is 0 Å². The topological polar surface area (TPSA) is 193 Å². The first-order valence-electron chi connectivity index (χ1n) is 1.53. The Morgan fingerprint density at radius 1 is 1.36 bits per heavy atom. The Morgan fingerprint density at radius 2 is 1.45 bits per heavy atom. The molecule has 1 radical (unpaired) electrons. The van der Waals surface area contributed by atoms with E-state index in [1.807, 2.05) is 0 Å². The summed E-state index contributed by atoms with van der Waals surface area (Å²) >= 11 is 0. The van der Waals surface area contributed by atoms with E-state index in [4.69, 9.17) is 5.11 Å². The molecular weight excluding hydrogens is 192 g/mol. The van der Waals surface area contributed by atoms with Gasteiger partial charge in [0.1, 0.15) is 0 Å². The van der Waals surface area contributed by atoms with Crippen LogP contribution >= 0.6 is 0 Å². The van der Waals surface area contributed by atoms with Gasteiger partial charge in [-0.05, 0) is 6.92 Å². The number of aliphatic hydroxyl groups excluding tert-OH is 1. The van der Waals surface area contributed by atoms with Crippen molar-refractivity contribution in [3.63, 3.8) is 0 Å². The van der Waals surface area contributed by atoms with Crippen molar-refractivity contribution in [1.29, 1.82) is 0 Å². The minimum Gasteiger partial charge on any atom is -0.870 e. The van der Waals surface area contributed by atoms with Crippen LogP contribution in [0.3, 0.4) is 0 Å². The maximum atomic E-state index is 9.34. The maximum Gasteiger partial charge on any atom is 1.00 e. The monoisotopic (exact) mass is 207 g/mol. The summed E-state index contributed by atoms with van der Waals surface area (Å²) in [6, 6.07) is 0. The van der Waals surface area contributed by atoms with Crippen molar-refractivity contribution in [3.8, 4) is 0 Å². The first-order chi connectivity index (χ1) is 2.64. The van der Waals surface area contributed by atoms with Gasteiger partial charge in [0.05, 0.1) is 12.1 Å². The number of rotatable bonds is 1. The molecule has 0 rings (SSSR count). The third kappa shape index (κ3) is 40.1. The smallest absolute Gasteiger partial charge is 0.870 e. The predicted molar refractivity (Wildman–Crippen MR) is 32.5 cm³/mol. The number of carboxylic acids is 1. The molecule has 0 heterocycles. The number of carbonyl (C=O) groups is 1. The van der Waals surface area contributed by atoms with Crippen LogP contribution in [-0.4, -0.2) is 28.1 Å². The van der Waals surface area contributed by atoms with Crippen LogP contribution < -0.4 is 17.4 Å². The van der Waals surface area contributed by atoms with Crippen molar-refractivity contribution in [2.75, 3.05) is 0 Å². The average molecular weight is 207 g/mol. The molecule has 0 aliphatic rings. The fourth-order valence-corrected chi connectivity index (χ4v) is 0. The molecule has 0 saturated heterocycles. The predicted octanol–water partition coefficient (Wildman–Crippen LogP) is -1.49. The van der Waals surface area contributed by atoms with E-state index in [1.165, 1.54) is 0 Å². The Morgan fingerprint density at radius 3 is 1.45 bits per heavy atom. The van der Waals surface area contributed by atoms with E-state index >= 15 is 0 Å². The molecule has 0 aromatic heterocycles. The molecule has 11 N–H and O–H groups in total. The van der Waals surface area contributed by atoms with Gasteiger partial charge >= 0.3 is 21.7 Å². The molecule has 8 heteroatoms. The van der Waals surface area contributed by atoms with Crippen LogP contribution in [0.25, 0.3) is 0 Å².